The van der Waals surface area contributed by atoms with Crippen molar-refractivity contribution in [1.29, 1.82) is 0 Å². The number of aromatic nitrogens is 1. The zero-order chi connectivity index (χ0) is 13.7. The third-order valence-electron chi connectivity index (χ3n) is 3.80. The van der Waals surface area contributed by atoms with Crippen molar-refractivity contribution < 1.29 is 5.11 Å². The summed E-state index contributed by atoms with van der Waals surface area (Å²) in [5, 5.41) is 12.9. The van der Waals surface area contributed by atoms with Crippen LogP contribution in [-0.4, -0.2) is 10.1 Å². The van der Waals surface area contributed by atoms with Crippen molar-refractivity contribution in [3.63, 3.8) is 0 Å². The lowest BCUT2D eigenvalue weighted by Crippen LogP contribution is -2.13. The van der Waals surface area contributed by atoms with Crippen molar-refractivity contribution >= 4 is 10.8 Å². The molecule has 0 aliphatic heterocycles. The second-order valence-corrected chi connectivity index (χ2v) is 5.23. The molecule has 1 atom stereocenters. The molecule has 2 aromatic rings. The van der Waals surface area contributed by atoms with E-state index < -0.39 is 0 Å². The summed E-state index contributed by atoms with van der Waals surface area (Å²) in [6.45, 7) is 4.37. The summed E-state index contributed by atoms with van der Waals surface area (Å²) < 4.78 is 0. The van der Waals surface area contributed by atoms with Crippen LogP contribution in [0.4, 0.5) is 0 Å². The largest absolute Gasteiger partial charge is 0.388 e. The Morgan fingerprint density at radius 2 is 1.84 bits per heavy atom. The molecule has 1 N–H and O–H groups in total. The van der Waals surface area contributed by atoms with Crippen LogP contribution in [0.5, 0.6) is 0 Å². The molecule has 0 bridgehead atoms. The zero-order valence-electron chi connectivity index (χ0n) is 11.8. The number of hydrogen-bond acceptors (Lipinski definition) is 2. The fourth-order valence-electron chi connectivity index (χ4n) is 2.86. The Balaban J connectivity index is 2.36. The number of hydrogen-bond donors (Lipinski definition) is 1. The van der Waals surface area contributed by atoms with Gasteiger partial charge in [0.2, 0.25) is 0 Å². The number of fused-ring (bicyclic) bond motifs is 1. The Morgan fingerprint density at radius 1 is 1.11 bits per heavy atom. The highest BCUT2D eigenvalue weighted by Crippen LogP contribution is 2.33. The van der Waals surface area contributed by atoms with Gasteiger partial charge in [0.05, 0.1) is 6.10 Å². The first-order valence-corrected chi connectivity index (χ1v) is 7.28. The summed E-state index contributed by atoms with van der Waals surface area (Å²) in [5.74, 6) is 0.355. The SMILES string of the molecule is CCCC(CCC)C(O)c1cccc2cnccc12. The summed E-state index contributed by atoms with van der Waals surface area (Å²) in [5.41, 5.74) is 1.05. The van der Waals surface area contributed by atoms with E-state index in [1.165, 1.54) is 0 Å². The average molecular weight is 257 g/mol. The molecule has 102 valence electrons. The fourth-order valence-corrected chi connectivity index (χ4v) is 2.86. The minimum Gasteiger partial charge on any atom is -0.388 e. The predicted octanol–water partition coefficient (Wildman–Crippen LogP) is 4.48. The molecule has 0 fully saturated rings. The van der Waals surface area contributed by atoms with Crippen molar-refractivity contribution in [3.05, 3.63) is 42.2 Å². The van der Waals surface area contributed by atoms with Gasteiger partial charge in [-0.3, -0.25) is 4.98 Å². The molecule has 1 aromatic heterocycles. The van der Waals surface area contributed by atoms with Gasteiger partial charge in [-0.15, -0.1) is 0 Å². The summed E-state index contributed by atoms with van der Waals surface area (Å²) in [6, 6.07) is 8.11. The Kier molecular flexibility index (Phi) is 4.92. The number of pyridine rings is 1. The average Bonchev–Trinajstić information content (AvgIpc) is 2.46. The van der Waals surface area contributed by atoms with Gasteiger partial charge in [0.25, 0.3) is 0 Å². The van der Waals surface area contributed by atoms with E-state index >= 15 is 0 Å². The highest BCUT2D eigenvalue weighted by Gasteiger charge is 2.20. The summed E-state index contributed by atoms with van der Waals surface area (Å²) >= 11 is 0. The van der Waals surface area contributed by atoms with Gasteiger partial charge < -0.3 is 5.11 Å². The van der Waals surface area contributed by atoms with Gasteiger partial charge in [-0.05, 0) is 35.8 Å². The normalized spacial score (nSPS) is 13.1. The van der Waals surface area contributed by atoms with Gasteiger partial charge in [-0.1, -0.05) is 44.9 Å². The number of rotatable bonds is 6. The maximum Gasteiger partial charge on any atom is 0.0824 e. The van der Waals surface area contributed by atoms with E-state index in [1.807, 2.05) is 30.5 Å². The van der Waals surface area contributed by atoms with Gasteiger partial charge in [-0.25, -0.2) is 0 Å². The highest BCUT2D eigenvalue weighted by molar-refractivity contribution is 5.85. The molecule has 1 heterocycles. The van der Waals surface area contributed by atoms with Crippen LogP contribution < -0.4 is 0 Å². The van der Waals surface area contributed by atoms with Crippen LogP contribution in [0, 0.1) is 5.92 Å². The molecule has 0 saturated heterocycles. The quantitative estimate of drug-likeness (QED) is 0.827. The molecule has 0 spiro atoms. The Bertz CT molecular complexity index is 512. The topological polar surface area (TPSA) is 33.1 Å². The van der Waals surface area contributed by atoms with Gasteiger partial charge in [0.1, 0.15) is 0 Å². The number of benzene rings is 1. The molecule has 2 rings (SSSR count). The van der Waals surface area contributed by atoms with Crippen molar-refractivity contribution in [2.24, 2.45) is 5.92 Å². The predicted molar refractivity (Wildman–Crippen MR) is 80.0 cm³/mol. The molecule has 1 aromatic carbocycles. The standard InChI is InChI=1S/C17H23NO/c1-3-6-13(7-4-2)17(19)16-9-5-8-14-12-18-11-10-15(14)16/h5,8-13,17,19H,3-4,6-7H2,1-2H3. The minimum absolute atomic E-state index is 0.355. The highest BCUT2D eigenvalue weighted by atomic mass is 16.3. The van der Waals surface area contributed by atoms with Gasteiger partial charge >= 0.3 is 0 Å². The monoisotopic (exact) mass is 257 g/mol. The van der Waals surface area contributed by atoms with Crippen LogP contribution in [0.2, 0.25) is 0 Å². The number of aliphatic hydroxyl groups excluding tert-OH is 1. The molecular weight excluding hydrogens is 234 g/mol. The molecule has 19 heavy (non-hydrogen) atoms. The van der Waals surface area contributed by atoms with Crippen LogP contribution in [0.15, 0.2) is 36.7 Å². The summed E-state index contributed by atoms with van der Waals surface area (Å²) in [6.07, 6.45) is 7.69. The zero-order valence-corrected chi connectivity index (χ0v) is 11.8. The van der Waals surface area contributed by atoms with Crippen LogP contribution in [0.3, 0.4) is 0 Å². The molecule has 0 saturated carbocycles. The smallest absolute Gasteiger partial charge is 0.0824 e. The molecule has 2 heteroatoms. The van der Waals surface area contributed by atoms with Crippen LogP contribution in [0.1, 0.15) is 51.2 Å². The molecule has 0 radical (unpaired) electrons. The second-order valence-electron chi connectivity index (χ2n) is 5.23. The van der Waals surface area contributed by atoms with Crippen molar-refractivity contribution in [3.8, 4) is 0 Å². The van der Waals surface area contributed by atoms with E-state index in [-0.39, 0.29) is 6.10 Å². The lowest BCUT2D eigenvalue weighted by atomic mass is 9.86. The van der Waals surface area contributed by atoms with E-state index in [4.69, 9.17) is 0 Å². The maximum absolute atomic E-state index is 10.7. The lowest BCUT2D eigenvalue weighted by Gasteiger charge is -2.23. The molecule has 1 unspecified atom stereocenters. The first kappa shape index (κ1) is 14.0. The van der Waals surface area contributed by atoms with Crippen LogP contribution in [-0.2, 0) is 0 Å². The molecule has 0 aliphatic carbocycles. The first-order valence-electron chi connectivity index (χ1n) is 7.28. The minimum atomic E-state index is -0.369. The second kappa shape index (κ2) is 6.67. The van der Waals surface area contributed by atoms with E-state index in [0.717, 1.165) is 42.0 Å². The Hall–Kier alpha value is -1.41. The first-order chi connectivity index (χ1) is 9.27. The number of aliphatic hydroxyl groups is 1. The number of nitrogens with zero attached hydrogens (tertiary/aromatic N) is 1. The van der Waals surface area contributed by atoms with Crippen LogP contribution in [0.25, 0.3) is 10.8 Å². The van der Waals surface area contributed by atoms with Crippen molar-refractivity contribution in [1.82, 2.24) is 4.98 Å². The Labute approximate surface area is 115 Å². The third kappa shape index (κ3) is 3.13. The molecule has 0 amide bonds. The van der Waals surface area contributed by atoms with Crippen molar-refractivity contribution in [2.45, 2.75) is 45.6 Å². The lowest BCUT2D eigenvalue weighted by molar-refractivity contribution is 0.0978. The van der Waals surface area contributed by atoms with Gasteiger partial charge in [0.15, 0.2) is 0 Å². The van der Waals surface area contributed by atoms with E-state index in [0.29, 0.717) is 5.92 Å². The third-order valence-corrected chi connectivity index (χ3v) is 3.80. The summed E-state index contributed by atoms with van der Waals surface area (Å²) in [7, 11) is 0. The van der Waals surface area contributed by atoms with Crippen LogP contribution >= 0.6 is 0 Å². The molecule has 2 nitrogen and oxygen atoms in total. The van der Waals surface area contributed by atoms with E-state index in [1.54, 1.807) is 6.20 Å². The Morgan fingerprint density at radius 3 is 2.53 bits per heavy atom. The molecule has 0 aliphatic rings. The van der Waals surface area contributed by atoms with Gasteiger partial charge in [0, 0.05) is 17.8 Å². The fraction of sp³-hybridized carbons (Fsp3) is 0.471. The van der Waals surface area contributed by atoms with Gasteiger partial charge in [-0.2, -0.15) is 0 Å². The maximum atomic E-state index is 10.7. The van der Waals surface area contributed by atoms with E-state index in [2.05, 4.69) is 18.8 Å². The van der Waals surface area contributed by atoms with E-state index in [9.17, 15) is 5.11 Å². The van der Waals surface area contributed by atoms with Crippen molar-refractivity contribution in [2.75, 3.05) is 0 Å². The summed E-state index contributed by atoms with van der Waals surface area (Å²) in [4.78, 5) is 4.15. The molecular formula is C17H23NO.